The van der Waals surface area contributed by atoms with E-state index < -0.39 is 5.41 Å². The van der Waals surface area contributed by atoms with Crippen LogP contribution >= 0.6 is 8.58 Å². The average Bonchev–Trinajstić information content (AvgIpc) is 2.48. The monoisotopic (exact) mass is 300 g/mol. The molecule has 0 aliphatic heterocycles. The van der Waals surface area contributed by atoms with Crippen LogP contribution in [0.15, 0.2) is 60.2 Å². The van der Waals surface area contributed by atoms with Crippen LogP contribution in [0.4, 0.5) is 0 Å². The number of hydrogen-bond donors (Lipinski definition) is 0. The van der Waals surface area contributed by atoms with Gasteiger partial charge in [0.1, 0.15) is 0 Å². The molecule has 0 N–H and O–H groups in total. The molecule has 2 aromatic carbocycles. The van der Waals surface area contributed by atoms with Crippen molar-refractivity contribution in [1.29, 1.82) is 0 Å². The van der Waals surface area contributed by atoms with Crippen molar-refractivity contribution < 1.29 is 23.7 Å². The van der Waals surface area contributed by atoms with Crippen LogP contribution in [0.5, 0.6) is 0 Å². The van der Waals surface area contributed by atoms with Gasteiger partial charge in [0, 0.05) is 5.41 Å². The van der Waals surface area contributed by atoms with Crippen LogP contribution in [-0.2, 0) is 10.2 Å². The largest absolute Gasteiger partial charge is 1.00 e. The van der Waals surface area contributed by atoms with Crippen molar-refractivity contribution in [2.75, 3.05) is 0 Å². The van der Waals surface area contributed by atoms with E-state index in [0.29, 0.717) is 0 Å². The SMILES string of the molecule is CC1=Cc2ccccc2C(C)(C(=O)[P-]c2ccccc2)C1.[Li+]. The van der Waals surface area contributed by atoms with Crippen LogP contribution in [-0.4, -0.2) is 5.52 Å². The Morgan fingerprint density at radius 3 is 2.41 bits per heavy atom. The maximum absolute atomic E-state index is 13.0. The number of carbonyl (C=O) groups is 1. The Kier molecular flexibility index (Phi) is 5.46. The number of rotatable bonds is 3. The fraction of sp³-hybridized carbons (Fsp3) is 0.211. The summed E-state index contributed by atoms with van der Waals surface area (Å²) >= 11 is 0. The Labute approximate surface area is 146 Å². The zero-order valence-corrected chi connectivity index (χ0v) is 14.2. The zero-order chi connectivity index (χ0) is 14.9. The number of benzene rings is 2. The normalized spacial score (nSPS) is 20.2. The van der Waals surface area contributed by atoms with Gasteiger partial charge < -0.3 is 13.4 Å². The van der Waals surface area contributed by atoms with E-state index in [1.54, 1.807) is 0 Å². The molecule has 0 amide bonds. The summed E-state index contributed by atoms with van der Waals surface area (Å²) in [5.74, 6) is 0. The molecule has 22 heavy (non-hydrogen) atoms. The maximum atomic E-state index is 13.0. The predicted octanol–water partition coefficient (Wildman–Crippen LogP) is 1.55. The summed E-state index contributed by atoms with van der Waals surface area (Å²) in [6.45, 7) is 4.20. The Hall–Kier alpha value is -1.12. The van der Waals surface area contributed by atoms with Crippen molar-refractivity contribution in [2.45, 2.75) is 25.7 Å². The van der Waals surface area contributed by atoms with Crippen LogP contribution in [0.1, 0.15) is 31.4 Å². The minimum Gasteiger partial charge on any atom is -0.430 e. The molecule has 0 spiro atoms. The van der Waals surface area contributed by atoms with Gasteiger partial charge in [-0.05, 0) is 30.0 Å². The molecule has 1 aliphatic carbocycles. The van der Waals surface area contributed by atoms with E-state index in [2.05, 4.69) is 32.1 Å². The van der Waals surface area contributed by atoms with Crippen LogP contribution < -0.4 is 24.2 Å². The molecule has 2 aromatic rings. The zero-order valence-electron chi connectivity index (χ0n) is 13.3. The second-order valence-corrected chi connectivity index (χ2v) is 6.99. The summed E-state index contributed by atoms with van der Waals surface area (Å²) in [6.07, 6.45) is 3.01. The van der Waals surface area contributed by atoms with Gasteiger partial charge in [0.05, 0.1) is 0 Å². The van der Waals surface area contributed by atoms with Crippen LogP contribution in [0.25, 0.3) is 6.08 Å². The first-order valence-electron chi connectivity index (χ1n) is 7.17. The van der Waals surface area contributed by atoms with Crippen molar-refractivity contribution in [2.24, 2.45) is 0 Å². The van der Waals surface area contributed by atoms with Crippen molar-refractivity contribution in [1.82, 2.24) is 0 Å². The van der Waals surface area contributed by atoms with E-state index in [0.717, 1.165) is 25.9 Å². The Bertz CT molecular complexity index is 708. The van der Waals surface area contributed by atoms with Crippen molar-refractivity contribution in [3.8, 4) is 0 Å². The summed E-state index contributed by atoms with van der Waals surface area (Å²) < 4.78 is 0. The second-order valence-electron chi connectivity index (χ2n) is 5.84. The van der Waals surface area contributed by atoms with Gasteiger partial charge in [-0.1, -0.05) is 73.2 Å². The molecule has 0 saturated carbocycles. The summed E-state index contributed by atoms with van der Waals surface area (Å²) in [5, 5.41) is 1.06. The summed E-state index contributed by atoms with van der Waals surface area (Å²) in [4.78, 5) is 13.0. The third-order valence-corrected chi connectivity index (χ3v) is 5.30. The fourth-order valence-corrected chi connectivity index (χ4v) is 4.03. The molecule has 106 valence electrons. The molecule has 0 fully saturated rings. The molecule has 1 aliphatic rings. The van der Waals surface area contributed by atoms with Gasteiger partial charge in [0.25, 0.3) is 0 Å². The van der Waals surface area contributed by atoms with Crippen LogP contribution in [0.2, 0.25) is 0 Å². The number of fused-ring (bicyclic) bond motifs is 1. The topological polar surface area (TPSA) is 17.1 Å². The van der Waals surface area contributed by atoms with E-state index >= 15 is 0 Å². The summed E-state index contributed by atoms with van der Waals surface area (Å²) in [5.41, 5.74) is 3.46. The fourth-order valence-electron chi connectivity index (χ4n) is 3.03. The molecular formula is C19H18LiOP. The Morgan fingerprint density at radius 1 is 1.05 bits per heavy atom. The van der Waals surface area contributed by atoms with Crippen LogP contribution in [0, 0.1) is 0 Å². The summed E-state index contributed by atoms with van der Waals surface area (Å²) in [6, 6.07) is 18.2. The smallest absolute Gasteiger partial charge is 0.430 e. The van der Waals surface area contributed by atoms with Gasteiger partial charge in [-0.2, -0.15) is 5.30 Å². The second kappa shape index (κ2) is 6.97. The average molecular weight is 300 g/mol. The van der Waals surface area contributed by atoms with Gasteiger partial charge >= 0.3 is 18.9 Å². The molecule has 0 saturated heterocycles. The molecule has 1 atom stereocenters. The quantitative estimate of drug-likeness (QED) is 0.621. The minimum absolute atomic E-state index is 0. The van der Waals surface area contributed by atoms with E-state index in [4.69, 9.17) is 0 Å². The van der Waals surface area contributed by atoms with E-state index in [-0.39, 0.29) is 24.4 Å². The first kappa shape index (κ1) is 17.2. The molecule has 1 unspecified atom stereocenters. The number of hydrogen-bond acceptors (Lipinski definition) is 1. The molecule has 0 bridgehead atoms. The van der Waals surface area contributed by atoms with E-state index in [9.17, 15) is 4.79 Å². The van der Waals surface area contributed by atoms with Crippen molar-refractivity contribution in [3.05, 3.63) is 71.3 Å². The summed E-state index contributed by atoms with van der Waals surface area (Å²) in [7, 11) is 0.782. The van der Waals surface area contributed by atoms with Crippen molar-refractivity contribution in [3.63, 3.8) is 0 Å². The molecule has 1 nitrogen and oxygen atoms in total. The molecule has 3 heteroatoms. The van der Waals surface area contributed by atoms with Gasteiger partial charge in [0.15, 0.2) is 0 Å². The number of allylic oxidation sites excluding steroid dienone is 1. The molecule has 0 radical (unpaired) electrons. The first-order chi connectivity index (χ1) is 10.1. The van der Waals surface area contributed by atoms with Crippen molar-refractivity contribution >= 4 is 25.5 Å². The van der Waals surface area contributed by atoms with Gasteiger partial charge in [-0.25, -0.2) is 0 Å². The molecule has 3 rings (SSSR count). The standard InChI is InChI=1S/C19H18OP.Li/c1-14-12-15-8-6-7-11-17(15)19(2,13-14)18(20)21-16-9-4-3-5-10-16;/h3-12H,13H2,1-2H3;/q-1;+1. The maximum Gasteiger partial charge on any atom is 1.00 e. The minimum atomic E-state index is -0.424. The molecular weight excluding hydrogens is 282 g/mol. The Balaban J connectivity index is 0.00000176. The predicted molar refractivity (Wildman–Crippen MR) is 90.1 cm³/mol. The molecule has 0 aromatic heterocycles. The van der Waals surface area contributed by atoms with E-state index in [1.807, 2.05) is 42.5 Å². The molecule has 0 heterocycles. The Morgan fingerprint density at radius 2 is 1.68 bits per heavy atom. The van der Waals surface area contributed by atoms with Gasteiger partial charge in [-0.15, -0.1) is 0 Å². The third-order valence-electron chi connectivity index (χ3n) is 4.05. The van der Waals surface area contributed by atoms with Gasteiger partial charge in [-0.3, -0.25) is 0 Å². The number of carbonyl (C=O) groups excluding carboxylic acids is 1. The first-order valence-corrected chi connectivity index (χ1v) is 8.07. The van der Waals surface area contributed by atoms with E-state index in [1.165, 1.54) is 11.1 Å². The third kappa shape index (κ3) is 3.28. The van der Waals surface area contributed by atoms with Gasteiger partial charge in [0.2, 0.25) is 0 Å². The van der Waals surface area contributed by atoms with Crippen LogP contribution in [0.3, 0.4) is 0 Å².